The van der Waals surface area contributed by atoms with E-state index < -0.39 is 17.6 Å². The van der Waals surface area contributed by atoms with Gasteiger partial charge in [0.1, 0.15) is 0 Å². The monoisotopic (exact) mass is 702 g/mol. The highest BCUT2D eigenvalue weighted by Crippen LogP contribution is 2.36. The van der Waals surface area contributed by atoms with E-state index in [1.54, 1.807) is 0 Å². The van der Waals surface area contributed by atoms with Crippen molar-refractivity contribution in [3.05, 3.63) is 0 Å². The van der Waals surface area contributed by atoms with Gasteiger partial charge >= 0.3 is 17.6 Å². The van der Waals surface area contributed by atoms with E-state index in [1.165, 1.54) is 12.8 Å². The molecular weight excluding hydrogens is 633 g/mol. The number of rotatable bonds is 36. The largest absolute Gasteiger partial charge is 0.500 e. The minimum atomic E-state index is -2.59. The van der Waals surface area contributed by atoms with Gasteiger partial charge < -0.3 is 26.6 Å². The van der Waals surface area contributed by atoms with Gasteiger partial charge in [-0.2, -0.15) is 0 Å². The zero-order valence-corrected chi connectivity index (χ0v) is 33.5. The van der Waals surface area contributed by atoms with E-state index >= 15 is 0 Å². The molecule has 0 aromatic rings. The summed E-state index contributed by atoms with van der Waals surface area (Å²) in [5, 5.41) is 0. The second kappa shape index (κ2) is 33.2. The Hall–Kier alpha value is 1.24. The van der Waals surface area contributed by atoms with Crippen LogP contribution < -0.4 is 0 Å². The Morgan fingerprint density at radius 3 is 0.837 bits per heavy atom. The first-order chi connectivity index (χ1) is 21.1. The molecule has 0 heterocycles. The minimum absolute atomic E-state index is 0.756. The number of hydrogen-bond acceptors (Lipinski definition) is 9. The molecule has 260 valence electrons. The lowest BCUT2D eigenvalue weighted by Gasteiger charge is -2.30. The maximum atomic E-state index is 6.41. The van der Waals surface area contributed by atoms with E-state index in [2.05, 4.69) is 41.5 Å². The third-order valence-corrected chi connectivity index (χ3v) is 17.1. The summed E-state index contributed by atoms with van der Waals surface area (Å²) in [5.74, 6) is 2.30. The van der Waals surface area contributed by atoms with E-state index in [0.29, 0.717) is 0 Å². The maximum absolute atomic E-state index is 6.41. The summed E-state index contributed by atoms with van der Waals surface area (Å²) in [4.78, 5) is 0. The smallest absolute Gasteiger partial charge is 0.373 e. The van der Waals surface area contributed by atoms with Gasteiger partial charge in [-0.25, -0.2) is 0 Å². The number of hydrogen-bond donors (Lipinski definition) is 0. The highest BCUT2D eigenvalue weighted by atomic mass is 33.5. The maximum Gasteiger partial charge on any atom is 0.500 e. The Morgan fingerprint density at radius 2 is 0.605 bits per heavy atom. The van der Waals surface area contributed by atoms with Crippen LogP contribution >= 0.6 is 31.4 Å². The summed E-state index contributed by atoms with van der Waals surface area (Å²) >= 11 is 0. The van der Waals surface area contributed by atoms with Gasteiger partial charge in [0, 0.05) is 63.2 Å². The van der Waals surface area contributed by atoms with Gasteiger partial charge in [-0.15, -0.1) is 0 Å². The molecule has 0 aromatic carbocycles. The van der Waals surface area contributed by atoms with Crippen molar-refractivity contribution in [3.63, 3.8) is 0 Å². The van der Waals surface area contributed by atoms with Gasteiger partial charge in [0.25, 0.3) is 0 Å². The van der Waals surface area contributed by atoms with Crippen LogP contribution in [0.2, 0.25) is 12.1 Å². The van der Waals surface area contributed by atoms with E-state index in [-0.39, 0.29) is 0 Å². The molecule has 0 unspecified atom stereocenters. The average molecular weight is 703 g/mol. The molecule has 0 bridgehead atoms. The Morgan fingerprint density at radius 1 is 0.349 bits per heavy atom. The van der Waals surface area contributed by atoms with Crippen molar-refractivity contribution in [2.75, 3.05) is 51.1 Å². The van der Waals surface area contributed by atoms with Gasteiger partial charge in [0.2, 0.25) is 0 Å². The molecule has 0 rings (SSSR count). The van der Waals surface area contributed by atoms with Gasteiger partial charge in [-0.05, 0) is 74.0 Å². The Balaban J connectivity index is 4.49. The molecule has 0 atom stereocenters. The van der Waals surface area contributed by atoms with E-state index in [9.17, 15) is 0 Å². The van der Waals surface area contributed by atoms with Gasteiger partial charge in [0.05, 0.1) is 0 Å². The molecule has 0 spiro atoms. The van der Waals surface area contributed by atoms with Crippen LogP contribution in [0.4, 0.5) is 0 Å². The second-order valence-corrected chi connectivity index (χ2v) is 21.1. The molecule has 0 aliphatic rings. The Bertz CT molecular complexity index is 470. The SMILES string of the molecule is CCCCO[Si](CCCCSSSCCCC[Si](OCCCC)(OCCCC)OCCCC)(OCCCC)OCCCC. The first kappa shape index (κ1) is 44.2. The highest BCUT2D eigenvalue weighted by molar-refractivity contribution is 9.09. The van der Waals surface area contributed by atoms with Crippen molar-refractivity contribution in [2.45, 2.75) is 156 Å². The fourth-order valence-corrected chi connectivity index (χ4v) is 13.5. The summed E-state index contributed by atoms with van der Waals surface area (Å²) in [7, 11) is 0.709. The van der Waals surface area contributed by atoms with Crippen LogP contribution in [0.5, 0.6) is 0 Å². The van der Waals surface area contributed by atoms with Crippen molar-refractivity contribution in [2.24, 2.45) is 0 Å². The predicted molar refractivity (Wildman–Crippen MR) is 197 cm³/mol. The topological polar surface area (TPSA) is 55.4 Å². The molecule has 0 saturated heterocycles. The summed E-state index contributed by atoms with van der Waals surface area (Å²) in [6.45, 7) is 17.8. The predicted octanol–water partition coefficient (Wildman–Crippen LogP) is 11.4. The first-order valence-electron chi connectivity index (χ1n) is 17.8. The van der Waals surface area contributed by atoms with Crippen LogP contribution in [0, 0.1) is 0 Å². The van der Waals surface area contributed by atoms with E-state index in [1.807, 2.05) is 31.4 Å². The molecule has 11 heteroatoms. The summed E-state index contributed by atoms with van der Waals surface area (Å²) in [5.41, 5.74) is 0. The van der Waals surface area contributed by atoms with Crippen molar-refractivity contribution >= 4 is 49.0 Å². The van der Waals surface area contributed by atoms with Gasteiger partial charge in [-0.1, -0.05) is 102 Å². The van der Waals surface area contributed by atoms with Gasteiger partial charge in [-0.3, -0.25) is 0 Å². The average Bonchev–Trinajstić information content (AvgIpc) is 3.00. The van der Waals surface area contributed by atoms with E-state index in [4.69, 9.17) is 26.6 Å². The van der Waals surface area contributed by atoms with Crippen LogP contribution in [0.25, 0.3) is 0 Å². The van der Waals surface area contributed by atoms with Crippen molar-refractivity contribution in [1.29, 1.82) is 0 Å². The molecule has 0 fully saturated rings. The van der Waals surface area contributed by atoms with Crippen LogP contribution in [0.15, 0.2) is 0 Å². The molecule has 0 aliphatic carbocycles. The zero-order valence-electron chi connectivity index (χ0n) is 29.1. The Kier molecular flexibility index (Phi) is 34.1. The van der Waals surface area contributed by atoms with Crippen molar-refractivity contribution < 1.29 is 26.6 Å². The Labute approximate surface area is 281 Å². The fraction of sp³-hybridized carbons (Fsp3) is 1.00. The molecule has 0 saturated carbocycles. The normalized spacial score (nSPS) is 12.4. The fourth-order valence-electron chi connectivity index (χ4n) is 4.02. The molecular formula is C32H70O6S3Si2. The highest BCUT2D eigenvalue weighted by Gasteiger charge is 2.41. The first-order valence-corrected chi connectivity index (χ1v) is 25.5. The summed E-state index contributed by atoms with van der Waals surface area (Å²) in [6.07, 6.45) is 17.8. The van der Waals surface area contributed by atoms with Crippen LogP contribution in [0.1, 0.15) is 144 Å². The lowest BCUT2D eigenvalue weighted by atomic mass is 10.4. The van der Waals surface area contributed by atoms with E-state index in [0.717, 1.165) is 153 Å². The zero-order chi connectivity index (χ0) is 31.7. The third kappa shape index (κ3) is 25.9. The molecule has 0 aliphatic heterocycles. The molecule has 0 amide bonds. The van der Waals surface area contributed by atoms with Crippen LogP contribution in [-0.4, -0.2) is 68.8 Å². The molecule has 0 radical (unpaired) electrons. The van der Waals surface area contributed by atoms with Crippen molar-refractivity contribution in [3.8, 4) is 0 Å². The lowest BCUT2D eigenvalue weighted by molar-refractivity contribution is 0.0551. The number of unbranched alkanes of at least 4 members (excludes halogenated alkanes) is 8. The third-order valence-electron chi connectivity index (χ3n) is 6.94. The van der Waals surface area contributed by atoms with Crippen LogP contribution in [0.3, 0.4) is 0 Å². The molecule has 43 heavy (non-hydrogen) atoms. The standard InChI is InChI=1S/C32H70O6S3Si2/c1-7-13-23-33-42(34-24-14-8-2,35-25-15-9-3)31-21-19-29-39-41-40-30-20-22-32-43(36-26-16-10-4,37-27-17-11-5)38-28-18-12-6/h7-32H2,1-6H3. The summed E-state index contributed by atoms with van der Waals surface area (Å²) in [6, 6.07) is 1.88. The summed E-state index contributed by atoms with van der Waals surface area (Å²) < 4.78 is 38.4. The second-order valence-electron chi connectivity index (χ2n) is 11.2. The molecule has 0 aromatic heterocycles. The van der Waals surface area contributed by atoms with Crippen LogP contribution in [-0.2, 0) is 26.6 Å². The van der Waals surface area contributed by atoms with Gasteiger partial charge in [0.15, 0.2) is 0 Å². The molecule has 6 nitrogen and oxygen atoms in total. The minimum Gasteiger partial charge on any atom is -0.373 e. The molecule has 0 N–H and O–H groups in total. The lowest BCUT2D eigenvalue weighted by Crippen LogP contribution is -2.46. The quantitative estimate of drug-likeness (QED) is 0.0361. The van der Waals surface area contributed by atoms with Crippen molar-refractivity contribution in [1.82, 2.24) is 0 Å².